The molecule has 7 rings (SSSR count). The molecule has 0 radical (unpaired) electrons. The number of pyridine rings is 1. The molecule has 0 N–H and O–H groups in total. The molecule has 4 aliphatic rings. The summed E-state index contributed by atoms with van der Waals surface area (Å²) in [5, 5.41) is 9.96. The van der Waals surface area contributed by atoms with Gasteiger partial charge < -0.3 is 19.4 Å². The van der Waals surface area contributed by atoms with Crippen molar-refractivity contribution in [1.29, 1.82) is 5.26 Å². The second kappa shape index (κ2) is 10.6. The summed E-state index contributed by atoms with van der Waals surface area (Å²) >= 11 is 0. The normalized spacial score (nSPS) is 24.8. The van der Waals surface area contributed by atoms with Crippen LogP contribution in [-0.4, -0.2) is 82.6 Å². The maximum absolute atomic E-state index is 16.0. The predicted octanol–water partition coefficient (Wildman–Crippen LogP) is 4.08. The summed E-state index contributed by atoms with van der Waals surface area (Å²) in [5.41, 5.74) is 4.04. The minimum atomic E-state index is -0.417. The fraction of sp³-hybridized carbons (Fsp3) is 0.469. The Kier molecular flexibility index (Phi) is 6.77. The lowest BCUT2D eigenvalue weighted by atomic mass is 9.96. The van der Waals surface area contributed by atoms with Crippen LogP contribution in [0.15, 0.2) is 36.9 Å². The molecule has 9 nitrogen and oxygen atoms in total. The van der Waals surface area contributed by atoms with E-state index in [4.69, 9.17) is 19.7 Å². The Balaban J connectivity index is 1.29. The number of ether oxygens (including phenoxy) is 1. The monoisotopic (exact) mass is 567 g/mol. The lowest BCUT2D eigenvalue weighted by molar-refractivity contribution is -0.128. The van der Waals surface area contributed by atoms with Gasteiger partial charge in [-0.25, -0.2) is 9.37 Å². The minimum Gasteiger partial charge on any atom is -0.462 e. The molecule has 3 aromatic rings. The summed E-state index contributed by atoms with van der Waals surface area (Å²) in [5.74, 6) is 1.03. The first-order chi connectivity index (χ1) is 20.4. The first-order valence-corrected chi connectivity index (χ1v) is 14.8. The molecule has 10 heteroatoms. The number of amides is 1. The Morgan fingerprint density at radius 1 is 1.24 bits per heavy atom. The smallest absolute Gasteiger partial charge is 0.320 e. The number of benzene rings is 1. The standard InChI is InChI=1S/C32H34FN7O2/c1-3-27(41)40-13-12-39(17-21(40)9-10-34)31-25-16-26(33)29(23-8-4-6-19-14-20-15-24(20)28(19)23)35-30(25)36-32(37-31)42-18-22-7-5-11-38(22)2/h3-4,6,8,16,20-22,24H,1,5,7,9,11-15,17-18H2,2H3/t20?,21-,22-,24?/m0/s1. The number of halogens is 1. The van der Waals surface area contributed by atoms with E-state index in [0.717, 1.165) is 37.8 Å². The molecule has 1 aromatic carbocycles. The van der Waals surface area contributed by atoms with Gasteiger partial charge in [-0.3, -0.25) is 4.79 Å². The van der Waals surface area contributed by atoms with Gasteiger partial charge in [0.15, 0.2) is 5.65 Å². The molecule has 4 heterocycles. The van der Waals surface area contributed by atoms with Crippen LogP contribution < -0.4 is 9.64 Å². The number of rotatable bonds is 7. The van der Waals surface area contributed by atoms with Crippen LogP contribution in [0.3, 0.4) is 0 Å². The molecule has 1 amide bonds. The number of carbonyl (C=O) groups is 1. The van der Waals surface area contributed by atoms with Crippen LogP contribution in [0, 0.1) is 23.1 Å². The lowest BCUT2D eigenvalue weighted by Gasteiger charge is -2.41. The molecular weight excluding hydrogens is 533 g/mol. The fourth-order valence-electron chi connectivity index (χ4n) is 7.13. The second-order valence-electron chi connectivity index (χ2n) is 12.0. The van der Waals surface area contributed by atoms with E-state index >= 15 is 4.39 Å². The number of likely N-dealkylation sites (N-methyl/N-ethyl adjacent to an activating group) is 1. The SMILES string of the molecule is C=CC(=O)N1CCN(c2nc(OC[C@@H]3CCCN3C)nc3nc(-c4cccc5c4C4CC4C5)c(F)cc23)C[C@@H]1CC#N. The van der Waals surface area contributed by atoms with Crippen LogP contribution in [0.2, 0.25) is 0 Å². The van der Waals surface area contributed by atoms with Crippen LogP contribution in [0.5, 0.6) is 6.01 Å². The molecule has 0 spiro atoms. The number of hydrogen-bond donors (Lipinski definition) is 0. The summed E-state index contributed by atoms with van der Waals surface area (Å²) in [6, 6.07) is 9.90. The molecule has 4 atom stereocenters. The number of likely N-dealkylation sites (tertiary alicyclic amines) is 1. The van der Waals surface area contributed by atoms with Gasteiger partial charge >= 0.3 is 6.01 Å². The molecule has 216 valence electrons. The van der Waals surface area contributed by atoms with E-state index in [1.165, 1.54) is 23.3 Å². The quantitative estimate of drug-likeness (QED) is 0.394. The Morgan fingerprint density at radius 3 is 2.90 bits per heavy atom. The first-order valence-electron chi connectivity index (χ1n) is 14.8. The molecule has 2 aromatic heterocycles. The zero-order chi connectivity index (χ0) is 29.0. The minimum absolute atomic E-state index is 0.161. The van der Waals surface area contributed by atoms with Gasteiger partial charge in [0, 0.05) is 31.2 Å². The number of carbonyl (C=O) groups excluding carboxylic acids is 1. The zero-order valence-corrected chi connectivity index (χ0v) is 23.8. The highest BCUT2D eigenvalue weighted by molar-refractivity contribution is 5.90. The van der Waals surface area contributed by atoms with Crippen LogP contribution in [-0.2, 0) is 11.2 Å². The molecule has 2 aliphatic carbocycles. The van der Waals surface area contributed by atoms with E-state index in [9.17, 15) is 10.1 Å². The van der Waals surface area contributed by atoms with E-state index < -0.39 is 5.82 Å². The predicted molar refractivity (Wildman–Crippen MR) is 157 cm³/mol. The van der Waals surface area contributed by atoms with E-state index in [1.807, 2.05) is 17.0 Å². The summed E-state index contributed by atoms with van der Waals surface area (Å²) in [6.07, 6.45) is 5.80. The van der Waals surface area contributed by atoms with E-state index in [-0.39, 0.29) is 30.4 Å². The first kappa shape index (κ1) is 26.8. The Labute approximate surface area is 244 Å². The Morgan fingerprint density at radius 2 is 2.12 bits per heavy atom. The average molecular weight is 568 g/mol. The van der Waals surface area contributed by atoms with Gasteiger partial charge in [0.1, 0.15) is 23.9 Å². The third-order valence-electron chi connectivity index (χ3n) is 9.47. The maximum atomic E-state index is 16.0. The van der Waals surface area contributed by atoms with Crippen molar-refractivity contribution in [2.24, 2.45) is 5.92 Å². The number of nitrogens with zero attached hydrogens (tertiary/aromatic N) is 7. The molecule has 2 unspecified atom stereocenters. The molecule has 0 bridgehead atoms. The number of nitriles is 1. The van der Waals surface area contributed by atoms with Gasteiger partial charge in [-0.1, -0.05) is 24.8 Å². The highest BCUT2D eigenvalue weighted by Crippen LogP contribution is 2.58. The number of fused-ring (bicyclic) bond motifs is 4. The maximum Gasteiger partial charge on any atom is 0.320 e. The van der Waals surface area contributed by atoms with Crippen molar-refractivity contribution >= 4 is 22.8 Å². The molecular formula is C32H34FN7O2. The second-order valence-corrected chi connectivity index (χ2v) is 12.0. The molecule has 2 saturated heterocycles. The van der Waals surface area contributed by atoms with E-state index in [2.05, 4.69) is 30.7 Å². The molecule has 2 aliphatic heterocycles. The van der Waals surface area contributed by atoms with Crippen LogP contribution in [0.4, 0.5) is 10.2 Å². The Hall–Kier alpha value is -4.10. The summed E-state index contributed by atoms with van der Waals surface area (Å²) in [6.45, 7) is 6.29. The topological polar surface area (TPSA) is 98.5 Å². The van der Waals surface area contributed by atoms with Crippen molar-refractivity contribution in [2.45, 2.75) is 50.1 Å². The van der Waals surface area contributed by atoms with Gasteiger partial charge in [-0.2, -0.15) is 15.2 Å². The highest BCUT2D eigenvalue weighted by atomic mass is 19.1. The van der Waals surface area contributed by atoms with Crippen molar-refractivity contribution in [1.82, 2.24) is 24.8 Å². The third-order valence-corrected chi connectivity index (χ3v) is 9.47. The van der Waals surface area contributed by atoms with Gasteiger partial charge in [0.2, 0.25) is 5.91 Å². The summed E-state index contributed by atoms with van der Waals surface area (Å²) in [7, 11) is 2.09. The van der Waals surface area contributed by atoms with E-state index in [1.54, 1.807) is 4.90 Å². The highest BCUT2D eigenvalue weighted by Gasteiger charge is 2.46. The van der Waals surface area contributed by atoms with Crippen molar-refractivity contribution in [3.05, 3.63) is 53.9 Å². The Bertz CT molecular complexity index is 1620. The van der Waals surface area contributed by atoms with Crippen molar-refractivity contribution in [2.75, 3.05) is 44.7 Å². The molecule has 3 fully saturated rings. The van der Waals surface area contributed by atoms with Crippen LogP contribution >= 0.6 is 0 Å². The van der Waals surface area contributed by atoms with Crippen molar-refractivity contribution < 1.29 is 13.9 Å². The van der Waals surface area contributed by atoms with Crippen molar-refractivity contribution in [3.8, 4) is 23.3 Å². The van der Waals surface area contributed by atoms with Gasteiger partial charge in [-0.05, 0) is 74.4 Å². The van der Waals surface area contributed by atoms with Gasteiger partial charge in [-0.15, -0.1) is 0 Å². The van der Waals surface area contributed by atoms with Crippen LogP contribution in [0.25, 0.3) is 22.3 Å². The number of anilines is 1. The summed E-state index contributed by atoms with van der Waals surface area (Å²) < 4.78 is 22.2. The van der Waals surface area contributed by atoms with Gasteiger partial charge in [0.05, 0.1) is 23.9 Å². The van der Waals surface area contributed by atoms with Crippen LogP contribution in [0.1, 0.15) is 42.7 Å². The largest absolute Gasteiger partial charge is 0.462 e. The fourth-order valence-corrected chi connectivity index (χ4v) is 7.13. The average Bonchev–Trinajstić information content (AvgIpc) is 3.47. The zero-order valence-electron chi connectivity index (χ0n) is 23.8. The number of hydrogen-bond acceptors (Lipinski definition) is 8. The number of piperazine rings is 1. The molecule has 42 heavy (non-hydrogen) atoms. The van der Waals surface area contributed by atoms with Crippen molar-refractivity contribution in [3.63, 3.8) is 0 Å². The molecule has 1 saturated carbocycles. The summed E-state index contributed by atoms with van der Waals surface area (Å²) in [4.78, 5) is 32.7. The van der Waals surface area contributed by atoms with E-state index in [0.29, 0.717) is 60.6 Å². The van der Waals surface area contributed by atoms with Gasteiger partial charge in [0.25, 0.3) is 0 Å². The number of aromatic nitrogens is 3. The third kappa shape index (κ3) is 4.66. The lowest BCUT2D eigenvalue weighted by Crippen LogP contribution is -2.55.